The van der Waals surface area contributed by atoms with Crippen molar-refractivity contribution in [1.29, 1.82) is 0 Å². The smallest absolute Gasteiger partial charge is 0.227 e. The van der Waals surface area contributed by atoms with Crippen molar-refractivity contribution in [2.24, 2.45) is 0 Å². The molecule has 0 saturated carbocycles. The van der Waals surface area contributed by atoms with Gasteiger partial charge < -0.3 is 9.64 Å². The summed E-state index contributed by atoms with van der Waals surface area (Å²) in [4.78, 5) is 14.7. The van der Waals surface area contributed by atoms with Crippen LogP contribution in [0.25, 0.3) is 10.8 Å². The highest BCUT2D eigenvalue weighted by Crippen LogP contribution is 2.25. The fourth-order valence-corrected chi connectivity index (χ4v) is 4.60. The van der Waals surface area contributed by atoms with Gasteiger partial charge in [0.2, 0.25) is 5.91 Å². The first kappa shape index (κ1) is 17.0. The Balaban J connectivity index is 1.87. The largest absolute Gasteiger partial charge is 0.497 e. The van der Waals surface area contributed by atoms with E-state index in [4.69, 9.17) is 4.74 Å². The van der Waals surface area contributed by atoms with Gasteiger partial charge in [-0.1, -0.05) is 24.3 Å². The summed E-state index contributed by atoms with van der Waals surface area (Å²) in [5, 5.41) is 2.17. The van der Waals surface area contributed by atoms with Crippen molar-refractivity contribution in [3.05, 3.63) is 42.0 Å². The zero-order valence-electron chi connectivity index (χ0n) is 14.3. The van der Waals surface area contributed by atoms with Gasteiger partial charge in [-0.2, -0.15) is 0 Å². The Morgan fingerprint density at radius 2 is 2.08 bits per heavy atom. The topological polar surface area (TPSA) is 46.6 Å². The molecule has 0 radical (unpaired) electrons. The molecule has 1 aliphatic rings. The summed E-state index contributed by atoms with van der Waals surface area (Å²) < 4.78 is 17.2. The minimum Gasteiger partial charge on any atom is -0.497 e. The van der Waals surface area contributed by atoms with Gasteiger partial charge in [-0.05, 0) is 42.3 Å². The molecule has 1 aliphatic heterocycles. The van der Waals surface area contributed by atoms with Crippen molar-refractivity contribution in [1.82, 2.24) is 4.90 Å². The summed E-state index contributed by atoms with van der Waals surface area (Å²) in [5.41, 5.74) is 1.00. The van der Waals surface area contributed by atoms with Gasteiger partial charge in [-0.3, -0.25) is 9.00 Å². The lowest BCUT2D eigenvalue weighted by Gasteiger charge is -2.37. The Morgan fingerprint density at radius 1 is 1.29 bits per heavy atom. The van der Waals surface area contributed by atoms with Crippen LogP contribution in [0.15, 0.2) is 36.4 Å². The Bertz CT molecular complexity index is 789. The minimum absolute atomic E-state index is 0.0107. The van der Waals surface area contributed by atoms with Crippen LogP contribution in [-0.4, -0.2) is 45.7 Å². The van der Waals surface area contributed by atoms with Crippen LogP contribution in [0.5, 0.6) is 5.75 Å². The molecule has 1 fully saturated rings. The molecule has 24 heavy (non-hydrogen) atoms. The molecule has 5 heteroatoms. The molecule has 3 rings (SSSR count). The van der Waals surface area contributed by atoms with Gasteiger partial charge in [0.25, 0.3) is 0 Å². The van der Waals surface area contributed by atoms with Crippen molar-refractivity contribution in [3.63, 3.8) is 0 Å². The van der Waals surface area contributed by atoms with Gasteiger partial charge >= 0.3 is 0 Å². The number of fused-ring (bicyclic) bond motifs is 1. The maximum atomic E-state index is 12.8. The van der Waals surface area contributed by atoms with E-state index < -0.39 is 10.8 Å². The van der Waals surface area contributed by atoms with Crippen LogP contribution in [0.3, 0.4) is 0 Å². The predicted octanol–water partition coefficient (Wildman–Crippen LogP) is 2.76. The maximum absolute atomic E-state index is 12.8. The maximum Gasteiger partial charge on any atom is 0.227 e. The van der Waals surface area contributed by atoms with Gasteiger partial charge in [-0.25, -0.2) is 0 Å². The van der Waals surface area contributed by atoms with E-state index in [0.29, 0.717) is 18.7 Å². The summed E-state index contributed by atoms with van der Waals surface area (Å²) >= 11 is 0. The van der Waals surface area contributed by atoms with Crippen LogP contribution in [0.4, 0.5) is 0 Å². The van der Waals surface area contributed by atoms with Crippen LogP contribution < -0.4 is 4.74 Å². The average molecular weight is 345 g/mol. The second-order valence-corrected chi connectivity index (χ2v) is 8.21. The number of hydrogen-bond donors (Lipinski definition) is 0. The standard InChI is InChI=1S/C19H23NO3S/c1-13-14(2)24(22)10-9-20(13)19(21)11-16-6-4-5-15-7-8-17(23-3)12-18(15)16/h4-8,12-14H,9-11H2,1-3H3/t13-,14-,24+/m1/s1. The number of nitrogens with zero attached hydrogens (tertiary/aromatic N) is 1. The number of hydrogen-bond acceptors (Lipinski definition) is 3. The molecule has 0 unspecified atom stereocenters. The van der Waals surface area contributed by atoms with E-state index in [1.165, 1.54) is 0 Å². The fraction of sp³-hybridized carbons (Fsp3) is 0.421. The van der Waals surface area contributed by atoms with E-state index in [0.717, 1.165) is 22.1 Å². The summed E-state index contributed by atoms with van der Waals surface area (Å²) in [6.45, 7) is 4.53. The number of amides is 1. The summed E-state index contributed by atoms with van der Waals surface area (Å²) in [7, 11) is 0.809. The molecule has 1 heterocycles. The van der Waals surface area contributed by atoms with E-state index in [-0.39, 0.29) is 17.2 Å². The molecule has 4 nitrogen and oxygen atoms in total. The Labute approximate surface area is 145 Å². The zero-order chi connectivity index (χ0) is 17.3. The highest BCUT2D eigenvalue weighted by molar-refractivity contribution is 7.85. The van der Waals surface area contributed by atoms with Gasteiger partial charge in [-0.15, -0.1) is 0 Å². The highest BCUT2D eigenvalue weighted by atomic mass is 32.2. The van der Waals surface area contributed by atoms with Gasteiger partial charge in [0, 0.05) is 29.1 Å². The van der Waals surface area contributed by atoms with Crippen LogP contribution in [-0.2, 0) is 22.0 Å². The third-order valence-corrected chi connectivity index (χ3v) is 6.77. The quantitative estimate of drug-likeness (QED) is 0.859. The molecule has 0 bridgehead atoms. The van der Waals surface area contributed by atoms with E-state index in [2.05, 4.69) is 0 Å². The second-order valence-electron chi connectivity index (χ2n) is 6.30. The third kappa shape index (κ3) is 3.18. The first-order chi connectivity index (χ1) is 11.5. The second kappa shape index (κ2) is 6.93. The summed E-state index contributed by atoms with van der Waals surface area (Å²) in [6.07, 6.45) is 0.355. The number of carbonyl (C=O) groups is 1. The van der Waals surface area contributed by atoms with Gasteiger partial charge in [0.15, 0.2) is 0 Å². The zero-order valence-corrected chi connectivity index (χ0v) is 15.1. The Hall–Kier alpha value is -1.88. The van der Waals surface area contributed by atoms with Crippen molar-refractivity contribution in [2.45, 2.75) is 31.6 Å². The first-order valence-electron chi connectivity index (χ1n) is 8.23. The number of benzene rings is 2. The van der Waals surface area contributed by atoms with Crippen LogP contribution >= 0.6 is 0 Å². The molecule has 128 valence electrons. The predicted molar refractivity (Wildman–Crippen MR) is 97.9 cm³/mol. The summed E-state index contributed by atoms with van der Waals surface area (Å²) in [5.74, 6) is 1.46. The molecular formula is C19H23NO3S. The summed E-state index contributed by atoms with van der Waals surface area (Å²) in [6, 6.07) is 11.9. The third-order valence-electron chi connectivity index (χ3n) is 4.96. The minimum atomic E-state index is -0.836. The lowest BCUT2D eigenvalue weighted by Crippen LogP contribution is -2.52. The molecule has 2 aromatic carbocycles. The SMILES string of the molecule is COc1ccc2cccc(CC(=O)N3CC[S@](=O)[C@H](C)[C@H]3C)c2c1. The molecule has 0 N–H and O–H groups in total. The lowest BCUT2D eigenvalue weighted by molar-refractivity contribution is -0.132. The molecule has 3 atom stereocenters. The molecule has 0 aliphatic carbocycles. The number of methoxy groups -OCH3 is 1. The number of rotatable bonds is 3. The highest BCUT2D eigenvalue weighted by Gasteiger charge is 2.32. The van der Waals surface area contributed by atoms with Gasteiger partial charge in [0.05, 0.1) is 18.8 Å². The van der Waals surface area contributed by atoms with Crippen LogP contribution in [0.1, 0.15) is 19.4 Å². The van der Waals surface area contributed by atoms with E-state index in [9.17, 15) is 9.00 Å². The monoisotopic (exact) mass is 345 g/mol. The molecule has 0 spiro atoms. The van der Waals surface area contributed by atoms with Crippen molar-refractivity contribution in [3.8, 4) is 5.75 Å². The molecule has 1 amide bonds. The van der Waals surface area contributed by atoms with Crippen LogP contribution in [0.2, 0.25) is 0 Å². The molecule has 1 saturated heterocycles. The number of carbonyl (C=O) groups excluding carboxylic acids is 1. The van der Waals surface area contributed by atoms with E-state index >= 15 is 0 Å². The Morgan fingerprint density at radius 3 is 2.83 bits per heavy atom. The molecular weight excluding hydrogens is 322 g/mol. The van der Waals surface area contributed by atoms with E-state index in [1.807, 2.05) is 55.1 Å². The van der Waals surface area contributed by atoms with Crippen molar-refractivity contribution < 1.29 is 13.7 Å². The van der Waals surface area contributed by atoms with Crippen molar-refractivity contribution in [2.75, 3.05) is 19.4 Å². The molecule has 2 aromatic rings. The van der Waals surface area contributed by atoms with Crippen LogP contribution in [0, 0.1) is 0 Å². The van der Waals surface area contributed by atoms with Crippen molar-refractivity contribution >= 4 is 27.5 Å². The molecule has 0 aromatic heterocycles. The lowest BCUT2D eigenvalue weighted by atomic mass is 10.0. The Kier molecular flexibility index (Phi) is 4.90. The van der Waals surface area contributed by atoms with Gasteiger partial charge in [0.1, 0.15) is 5.75 Å². The van der Waals surface area contributed by atoms with E-state index in [1.54, 1.807) is 7.11 Å². The average Bonchev–Trinajstić information content (AvgIpc) is 2.59. The first-order valence-corrected chi connectivity index (χ1v) is 9.61. The fourth-order valence-electron chi connectivity index (χ4n) is 3.26. The normalized spacial score (nSPS) is 24.1. The number of ether oxygens (including phenoxy) is 1.